The predicted octanol–water partition coefficient (Wildman–Crippen LogP) is 5.59. The number of carbonyl (C=O) groups is 1. The molecule has 0 unspecified atom stereocenters. The monoisotopic (exact) mass is 406 g/mol. The highest BCUT2D eigenvalue weighted by atomic mass is 35.5. The Bertz CT molecular complexity index is 777. The summed E-state index contributed by atoms with van der Waals surface area (Å²) in [6.07, 6.45) is 5.01. The van der Waals surface area contributed by atoms with Crippen molar-refractivity contribution in [3.05, 3.63) is 58.6 Å². The van der Waals surface area contributed by atoms with Gasteiger partial charge in [-0.2, -0.15) is 0 Å². The van der Waals surface area contributed by atoms with E-state index >= 15 is 0 Å². The Morgan fingerprint density at radius 3 is 2.33 bits per heavy atom. The molecule has 0 aliphatic heterocycles. The number of hydrogen-bond donors (Lipinski definition) is 2. The molecule has 0 bridgehead atoms. The standard InChI is InChI=1S/C22H27ClN2O.ClH/c1-22(2)9-7-20(8-10-22)25-14-15-11-18(13-19(23)12-15)16-3-5-17(6-4-16)21(24)26;/h3-6,11-13,20,25H,7-10,14H2,1-2H3,(H2,24,26);1H. The lowest BCUT2D eigenvalue weighted by molar-refractivity contribution is 0.100. The normalized spacial score (nSPS) is 16.6. The van der Waals surface area contributed by atoms with Gasteiger partial charge in [0.25, 0.3) is 0 Å². The van der Waals surface area contributed by atoms with Crippen molar-refractivity contribution in [1.29, 1.82) is 0 Å². The fourth-order valence-corrected chi connectivity index (χ4v) is 3.87. The van der Waals surface area contributed by atoms with Crippen molar-refractivity contribution in [2.24, 2.45) is 11.1 Å². The predicted molar refractivity (Wildman–Crippen MR) is 116 cm³/mol. The summed E-state index contributed by atoms with van der Waals surface area (Å²) in [5.74, 6) is -0.414. The molecule has 1 fully saturated rings. The van der Waals surface area contributed by atoms with E-state index < -0.39 is 5.91 Å². The minimum atomic E-state index is -0.414. The van der Waals surface area contributed by atoms with Crippen LogP contribution in [-0.2, 0) is 6.54 Å². The minimum Gasteiger partial charge on any atom is -0.366 e. The molecule has 1 amide bonds. The zero-order valence-electron chi connectivity index (χ0n) is 15.9. The molecule has 0 radical (unpaired) electrons. The molecule has 1 saturated carbocycles. The molecule has 0 aromatic heterocycles. The van der Waals surface area contributed by atoms with Gasteiger partial charge >= 0.3 is 0 Å². The number of rotatable bonds is 5. The highest BCUT2D eigenvalue weighted by molar-refractivity contribution is 6.31. The lowest BCUT2D eigenvalue weighted by atomic mass is 9.75. The summed E-state index contributed by atoms with van der Waals surface area (Å²) >= 11 is 6.34. The topological polar surface area (TPSA) is 55.1 Å². The lowest BCUT2D eigenvalue weighted by Gasteiger charge is -2.34. The van der Waals surface area contributed by atoms with Crippen molar-refractivity contribution < 1.29 is 4.79 Å². The zero-order valence-corrected chi connectivity index (χ0v) is 17.5. The van der Waals surface area contributed by atoms with Crippen LogP contribution in [0.15, 0.2) is 42.5 Å². The molecule has 0 spiro atoms. The fourth-order valence-electron chi connectivity index (χ4n) is 3.61. The number of nitrogens with one attached hydrogen (secondary N) is 1. The van der Waals surface area contributed by atoms with E-state index in [0.29, 0.717) is 17.0 Å². The van der Waals surface area contributed by atoms with Crippen LogP contribution in [0.5, 0.6) is 0 Å². The number of hydrogen-bond acceptors (Lipinski definition) is 2. The van der Waals surface area contributed by atoms with E-state index in [1.54, 1.807) is 12.1 Å². The molecule has 146 valence electrons. The Kier molecular flexibility index (Phi) is 7.32. The summed E-state index contributed by atoms with van der Waals surface area (Å²) in [5.41, 5.74) is 9.56. The molecular formula is C22H28Cl2N2O. The van der Waals surface area contributed by atoms with Crippen LogP contribution in [0.25, 0.3) is 11.1 Å². The van der Waals surface area contributed by atoms with Crippen LogP contribution in [-0.4, -0.2) is 11.9 Å². The molecule has 1 aliphatic carbocycles. The van der Waals surface area contributed by atoms with Crippen LogP contribution in [0.1, 0.15) is 55.5 Å². The largest absolute Gasteiger partial charge is 0.366 e. The third-order valence-electron chi connectivity index (χ3n) is 5.39. The summed E-state index contributed by atoms with van der Waals surface area (Å²) in [7, 11) is 0. The van der Waals surface area contributed by atoms with Gasteiger partial charge in [-0.25, -0.2) is 0 Å². The second-order valence-electron chi connectivity index (χ2n) is 8.11. The Hall–Kier alpha value is -1.55. The summed E-state index contributed by atoms with van der Waals surface area (Å²) in [5, 5.41) is 4.41. The van der Waals surface area contributed by atoms with Gasteiger partial charge in [-0.05, 0) is 78.1 Å². The third kappa shape index (κ3) is 5.97. The molecule has 3 rings (SSSR count). The average molecular weight is 407 g/mol. The Balaban J connectivity index is 0.00000261. The van der Waals surface area contributed by atoms with Crippen molar-refractivity contribution >= 4 is 29.9 Å². The lowest BCUT2D eigenvalue weighted by Crippen LogP contribution is -2.35. The van der Waals surface area contributed by atoms with E-state index in [1.165, 1.54) is 31.2 Å². The second-order valence-corrected chi connectivity index (χ2v) is 8.55. The smallest absolute Gasteiger partial charge is 0.248 e. The van der Waals surface area contributed by atoms with E-state index in [9.17, 15) is 4.79 Å². The van der Waals surface area contributed by atoms with Crippen LogP contribution in [0.4, 0.5) is 0 Å². The van der Waals surface area contributed by atoms with Gasteiger partial charge in [-0.15, -0.1) is 12.4 Å². The maximum absolute atomic E-state index is 11.2. The van der Waals surface area contributed by atoms with Crippen molar-refractivity contribution in [3.63, 3.8) is 0 Å². The number of benzene rings is 2. The van der Waals surface area contributed by atoms with Gasteiger partial charge in [-0.3, -0.25) is 4.79 Å². The van der Waals surface area contributed by atoms with Crippen LogP contribution in [0, 0.1) is 5.41 Å². The Morgan fingerprint density at radius 1 is 1.11 bits per heavy atom. The van der Waals surface area contributed by atoms with E-state index in [2.05, 4.69) is 25.2 Å². The molecule has 27 heavy (non-hydrogen) atoms. The molecule has 1 aliphatic rings. The molecule has 2 aromatic rings. The van der Waals surface area contributed by atoms with Crippen molar-refractivity contribution in [1.82, 2.24) is 5.32 Å². The van der Waals surface area contributed by atoms with E-state index in [1.807, 2.05) is 24.3 Å². The molecule has 3 N–H and O–H groups in total. The molecule has 5 heteroatoms. The van der Waals surface area contributed by atoms with Crippen LogP contribution >= 0.6 is 24.0 Å². The van der Waals surface area contributed by atoms with E-state index in [0.717, 1.165) is 22.7 Å². The Morgan fingerprint density at radius 2 is 1.74 bits per heavy atom. The Labute approximate surface area is 173 Å². The van der Waals surface area contributed by atoms with Gasteiger partial charge in [0.1, 0.15) is 0 Å². The van der Waals surface area contributed by atoms with Gasteiger partial charge in [0, 0.05) is 23.2 Å². The SMILES string of the molecule is CC1(C)CCC(NCc2cc(Cl)cc(-c3ccc(C(N)=O)cc3)c2)CC1.Cl. The van der Waals surface area contributed by atoms with Crippen LogP contribution < -0.4 is 11.1 Å². The highest BCUT2D eigenvalue weighted by Crippen LogP contribution is 2.35. The minimum absolute atomic E-state index is 0. The zero-order chi connectivity index (χ0) is 18.7. The van der Waals surface area contributed by atoms with Gasteiger partial charge < -0.3 is 11.1 Å². The van der Waals surface area contributed by atoms with Crippen molar-refractivity contribution in [3.8, 4) is 11.1 Å². The van der Waals surface area contributed by atoms with Crippen LogP contribution in [0.3, 0.4) is 0 Å². The number of nitrogens with two attached hydrogens (primary N) is 1. The first kappa shape index (κ1) is 21.7. The van der Waals surface area contributed by atoms with Crippen molar-refractivity contribution in [2.45, 2.75) is 52.1 Å². The van der Waals surface area contributed by atoms with Gasteiger partial charge in [0.15, 0.2) is 0 Å². The van der Waals surface area contributed by atoms with Crippen LogP contribution in [0.2, 0.25) is 5.02 Å². The maximum Gasteiger partial charge on any atom is 0.248 e. The van der Waals surface area contributed by atoms with Gasteiger partial charge in [0.2, 0.25) is 5.91 Å². The second kappa shape index (κ2) is 9.09. The fraction of sp³-hybridized carbons (Fsp3) is 0.409. The summed E-state index contributed by atoms with van der Waals surface area (Å²) in [4.78, 5) is 11.2. The molecular weight excluding hydrogens is 379 g/mol. The van der Waals surface area contributed by atoms with Gasteiger partial charge in [-0.1, -0.05) is 37.6 Å². The average Bonchev–Trinajstić information content (AvgIpc) is 2.60. The van der Waals surface area contributed by atoms with Gasteiger partial charge in [0.05, 0.1) is 0 Å². The molecule has 3 nitrogen and oxygen atoms in total. The first-order valence-corrected chi connectivity index (χ1v) is 9.63. The number of carbonyl (C=O) groups excluding carboxylic acids is 1. The summed E-state index contributed by atoms with van der Waals surface area (Å²) in [6.45, 7) is 5.53. The van der Waals surface area contributed by atoms with Crippen molar-refractivity contribution in [2.75, 3.05) is 0 Å². The first-order valence-electron chi connectivity index (χ1n) is 9.25. The quantitative estimate of drug-likeness (QED) is 0.679. The summed E-state index contributed by atoms with van der Waals surface area (Å²) < 4.78 is 0. The maximum atomic E-state index is 11.2. The summed E-state index contributed by atoms with van der Waals surface area (Å²) in [6, 6.07) is 14.0. The molecule has 0 saturated heterocycles. The molecule has 0 heterocycles. The third-order valence-corrected chi connectivity index (χ3v) is 5.61. The first-order chi connectivity index (χ1) is 12.3. The van der Waals surface area contributed by atoms with E-state index in [4.69, 9.17) is 17.3 Å². The number of primary amides is 1. The molecule has 0 atom stereocenters. The molecule has 2 aromatic carbocycles. The number of halogens is 2. The van der Waals surface area contributed by atoms with E-state index in [-0.39, 0.29) is 12.4 Å². The number of amides is 1. The highest BCUT2D eigenvalue weighted by Gasteiger charge is 2.26.